The van der Waals surface area contributed by atoms with Gasteiger partial charge in [-0.05, 0) is 12.0 Å². The third kappa shape index (κ3) is 3.54. The zero-order valence-corrected chi connectivity index (χ0v) is 11.5. The predicted octanol–water partition coefficient (Wildman–Crippen LogP) is 2.49. The van der Waals surface area contributed by atoms with Gasteiger partial charge in [-0.3, -0.25) is 0 Å². The average Bonchev–Trinajstić information content (AvgIpc) is 2.92. The number of nitrogens with one attached hydrogen (secondary N) is 1. The maximum Gasteiger partial charge on any atom is 0.217 e. The van der Waals surface area contributed by atoms with Gasteiger partial charge in [0.2, 0.25) is 5.88 Å². The van der Waals surface area contributed by atoms with Crippen LogP contribution in [0.15, 0.2) is 29.1 Å². The predicted molar refractivity (Wildman–Crippen MR) is 71.9 cm³/mol. The van der Waals surface area contributed by atoms with Crippen LogP contribution >= 0.6 is 0 Å². The summed E-state index contributed by atoms with van der Waals surface area (Å²) in [6.45, 7) is 5.54. The van der Waals surface area contributed by atoms with Crippen molar-refractivity contribution >= 4 is 0 Å². The highest BCUT2D eigenvalue weighted by atomic mass is 16.5. The van der Waals surface area contributed by atoms with Gasteiger partial charge in [-0.2, -0.15) is 0 Å². The number of hydrogen-bond acceptors (Lipinski definition) is 5. The number of ether oxygens (including phenoxy) is 1. The van der Waals surface area contributed by atoms with Crippen molar-refractivity contribution in [2.75, 3.05) is 7.11 Å². The number of nitrogens with zero attached hydrogens (tertiary/aromatic N) is 2. The van der Waals surface area contributed by atoms with Gasteiger partial charge >= 0.3 is 0 Å². The molecule has 0 unspecified atom stereocenters. The van der Waals surface area contributed by atoms with Gasteiger partial charge in [0.1, 0.15) is 5.76 Å². The molecule has 1 N–H and O–H groups in total. The van der Waals surface area contributed by atoms with Gasteiger partial charge in [0, 0.05) is 17.8 Å². The van der Waals surface area contributed by atoms with E-state index in [0.717, 1.165) is 17.0 Å². The second-order valence-electron chi connectivity index (χ2n) is 4.63. The van der Waals surface area contributed by atoms with E-state index in [-0.39, 0.29) is 0 Å². The van der Waals surface area contributed by atoms with Gasteiger partial charge < -0.3 is 14.5 Å². The van der Waals surface area contributed by atoms with Crippen LogP contribution in [0.3, 0.4) is 0 Å². The smallest absolute Gasteiger partial charge is 0.217 e. The number of rotatable bonds is 6. The molecule has 0 saturated carbocycles. The van der Waals surface area contributed by atoms with Crippen LogP contribution in [0.4, 0.5) is 0 Å². The molecule has 0 aliphatic rings. The molecule has 2 rings (SSSR count). The Morgan fingerprint density at radius 1 is 1.32 bits per heavy atom. The van der Waals surface area contributed by atoms with Crippen molar-refractivity contribution in [1.29, 1.82) is 0 Å². The fourth-order valence-corrected chi connectivity index (χ4v) is 1.77. The first-order chi connectivity index (χ1) is 9.20. The fraction of sp³-hybridized carbons (Fsp3) is 0.429. The van der Waals surface area contributed by atoms with E-state index in [1.54, 1.807) is 13.3 Å². The molecule has 0 aromatic carbocycles. The number of aromatic nitrogens is 2. The molecule has 0 radical (unpaired) electrons. The molecule has 2 heterocycles. The third-order valence-corrected chi connectivity index (χ3v) is 2.84. The van der Waals surface area contributed by atoms with E-state index in [9.17, 15) is 0 Å². The Labute approximate surface area is 113 Å². The quantitative estimate of drug-likeness (QED) is 0.865. The molecule has 0 atom stereocenters. The molecule has 0 aliphatic carbocycles. The van der Waals surface area contributed by atoms with Crippen molar-refractivity contribution in [2.24, 2.45) is 0 Å². The lowest BCUT2D eigenvalue weighted by molar-refractivity contribution is 0.387. The first kappa shape index (κ1) is 13.5. The standard InChI is InChI=1S/C14H19N3O2/c1-10(2)13-5-4-11(14(17-13)18-3)6-15-7-12-8-16-9-19-12/h4-5,8-10,15H,6-7H2,1-3H3. The summed E-state index contributed by atoms with van der Waals surface area (Å²) in [4.78, 5) is 8.38. The second kappa shape index (κ2) is 6.33. The molecule has 2 aromatic heterocycles. The number of methoxy groups -OCH3 is 1. The first-order valence-corrected chi connectivity index (χ1v) is 6.32. The van der Waals surface area contributed by atoms with Crippen LogP contribution in [0, 0.1) is 0 Å². The van der Waals surface area contributed by atoms with Crippen molar-refractivity contribution in [1.82, 2.24) is 15.3 Å². The molecule has 0 bridgehead atoms. The van der Waals surface area contributed by atoms with Gasteiger partial charge in [-0.15, -0.1) is 0 Å². The molecule has 5 nitrogen and oxygen atoms in total. The van der Waals surface area contributed by atoms with Crippen LogP contribution in [0.5, 0.6) is 5.88 Å². The van der Waals surface area contributed by atoms with E-state index < -0.39 is 0 Å². The van der Waals surface area contributed by atoms with E-state index in [0.29, 0.717) is 24.9 Å². The average molecular weight is 261 g/mol. The van der Waals surface area contributed by atoms with E-state index in [4.69, 9.17) is 9.15 Å². The SMILES string of the molecule is COc1nc(C(C)C)ccc1CNCc1cnco1. The normalized spacial score (nSPS) is 10.9. The lowest BCUT2D eigenvalue weighted by atomic mass is 10.1. The Morgan fingerprint density at radius 3 is 2.79 bits per heavy atom. The topological polar surface area (TPSA) is 60.2 Å². The highest BCUT2D eigenvalue weighted by Gasteiger charge is 2.08. The minimum atomic E-state index is 0.394. The largest absolute Gasteiger partial charge is 0.481 e. The van der Waals surface area contributed by atoms with Gasteiger partial charge in [0.05, 0.1) is 19.9 Å². The van der Waals surface area contributed by atoms with E-state index in [2.05, 4.69) is 35.2 Å². The lowest BCUT2D eigenvalue weighted by Crippen LogP contribution is -2.13. The van der Waals surface area contributed by atoms with Crippen LogP contribution in [0.1, 0.15) is 36.8 Å². The minimum absolute atomic E-state index is 0.394. The summed E-state index contributed by atoms with van der Waals surface area (Å²) in [7, 11) is 1.65. The molecule has 19 heavy (non-hydrogen) atoms. The zero-order valence-electron chi connectivity index (χ0n) is 11.5. The molecule has 0 saturated heterocycles. The van der Waals surface area contributed by atoms with E-state index in [1.807, 2.05) is 6.07 Å². The molecule has 0 aliphatic heterocycles. The maximum atomic E-state index is 5.34. The molecular formula is C14H19N3O2. The van der Waals surface area contributed by atoms with E-state index in [1.165, 1.54) is 6.39 Å². The summed E-state index contributed by atoms with van der Waals surface area (Å²) in [6, 6.07) is 4.09. The molecule has 0 fully saturated rings. The van der Waals surface area contributed by atoms with Crippen LogP contribution in [0.25, 0.3) is 0 Å². The minimum Gasteiger partial charge on any atom is -0.481 e. The van der Waals surface area contributed by atoms with Crippen LogP contribution in [-0.4, -0.2) is 17.1 Å². The summed E-state index contributed by atoms with van der Waals surface area (Å²) in [5.74, 6) is 1.88. The Balaban J connectivity index is 1.99. The zero-order chi connectivity index (χ0) is 13.7. The molecule has 0 amide bonds. The maximum absolute atomic E-state index is 5.34. The summed E-state index contributed by atoms with van der Waals surface area (Å²) < 4.78 is 10.5. The van der Waals surface area contributed by atoms with Crippen molar-refractivity contribution in [3.8, 4) is 5.88 Å². The van der Waals surface area contributed by atoms with Gasteiger partial charge in [0.25, 0.3) is 0 Å². The lowest BCUT2D eigenvalue weighted by Gasteiger charge is -2.11. The molecule has 5 heteroatoms. The van der Waals surface area contributed by atoms with Gasteiger partial charge in [-0.25, -0.2) is 9.97 Å². The number of oxazole rings is 1. The molecule has 2 aromatic rings. The summed E-state index contributed by atoms with van der Waals surface area (Å²) in [6.07, 6.45) is 3.13. The van der Waals surface area contributed by atoms with Crippen molar-refractivity contribution < 1.29 is 9.15 Å². The highest BCUT2D eigenvalue weighted by molar-refractivity contribution is 5.29. The van der Waals surface area contributed by atoms with Crippen molar-refractivity contribution in [2.45, 2.75) is 32.9 Å². The Kier molecular flexibility index (Phi) is 4.52. The summed E-state index contributed by atoms with van der Waals surface area (Å²) in [5.41, 5.74) is 2.07. The Hall–Kier alpha value is -1.88. The highest BCUT2D eigenvalue weighted by Crippen LogP contribution is 2.20. The van der Waals surface area contributed by atoms with Crippen LogP contribution < -0.4 is 10.1 Å². The van der Waals surface area contributed by atoms with Crippen LogP contribution in [0.2, 0.25) is 0 Å². The Bertz CT molecular complexity index is 509. The Morgan fingerprint density at radius 2 is 2.16 bits per heavy atom. The summed E-state index contributed by atoms with van der Waals surface area (Å²) in [5, 5.41) is 3.27. The van der Waals surface area contributed by atoms with Gasteiger partial charge in [-0.1, -0.05) is 19.9 Å². The second-order valence-corrected chi connectivity index (χ2v) is 4.63. The molecule has 102 valence electrons. The molecular weight excluding hydrogens is 242 g/mol. The number of hydrogen-bond donors (Lipinski definition) is 1. The third-order valence-electron chi connectivity index (χ3n) is 2.84. The van der Waals surface area contributed by atoms with Gasteiger partial charge in [0.15, 0.2) is 6.39 Å². The van der Waals surface area contributed by atoms with Crippen molar-refractivity contribution in [3.63, 3.8) is 0 Å². The van der Waals surface area contributed by atoms with Crippen LogP contribution in [-0.2, 0) is 13.1 Å². The van der Waals surface area contributed by atoms with Crippen molar-refractivity contribution in [3.05, 3.63) is 41.7 Å². The molecule has 0 spiro atoms. The van der Waals surface area contributed by atoms with E-state index >= 15 is 0 Å². The monoisotopic (exact) mass is 261 g/mol. The fourth-order valence-electron chi connectivity index (χ4n) is 1.77. The first-order valence-electron chi connectivity index (χ1n) is 6.32. The number of pyridine rings is 1. The summed E-state index contributed by atoms with van der Waals surface area (Å²) >= 11 is 0.